The summed E-state index contributed by atoms with van der Waals surface area (Å²) in [6.07, 6.45) is 0.136. The van der Waals surface area contributed by atoms with E-state index >= 15 is 0 Å². The maximum atomic E-state index is 10.1. The molecule has 0 unspecified atom stereocenters. The maximum absolute atomic E-state index is 10.1. The number of carbonyl (C=O) groups is 1. The topological polar surface area (TPSA) is 40.1 Å². The summed E-state index contributed by atoms with van der Waals surface area (Å²) in [5.74, 6) is 0.520. The van der Waals surface area contributed by atoms with E-state index in [9.17, 15) is 9.90 Å². The molecule has 0 spiro atoms. The number of hydrogen-bond acceptors (Lipinski definition) is 3. The molecule has 0 N–H and O–H groups in total. The number of aliphatic carboxylic acids is 1. The minimum absolute atomic E-state index is 0. The van der Waals surface area contributed by atoms with Gasteiger partial charge in [-0.1, -0.05) is 30.3 Å². The molecular formula is C10H11LiO2S. The zero-order valence-corrected chi connectivity index (χ0v) is 9.05. The first-order valence-corrected chi connectivity index (χ1v) is 5.26. The molecule has 0 amide bonds. The van der Waals surface area contributed by atoms with Crippen molar-refractivity contribution in [1.82, 2.24) is 0 Å². The largest absolute Gasteiger partial charge is 1.00 e. The van der Waals surface area contributed by atoms with E-state index < -0.39 is 5.97 Å². The van der Waals surface area contributed by atoms with Crippen molar-refractivity contribution in [1.29, 1.82) is 0 Å². The number of carbonyl (C=O) groups excluding carboxylic acids is 1. The first-order valence-electron chi connectivity index (χ1n) is 4.10. The third-order valence-corrected chi connectivity index (χ3v) is 2.59. The van der Waals surface area contributed by atoms with Crippen LogP contribution < -0.4 is 24.0 Å². The summed E-state index contributed by atoms with van der Waals surface area (Å²) in [5, 5.41) is 10.1. The van der Waals surface area contributed by atoms with E-state index in [0.29, 0.717) is 5.75 Å². The molecule has 0 radical (unpaired) electrons. The van der Waals surface area contributed by atoms with Crippen molar-refractivity contribution in [2.24, 2.45) is 0 Å². The molecule has 0 heterocycles. The number of carboxylic acid groups (broad SMARTS) is 1. The van der Waals surface area contributed by atoms with Gasteiger partial charge in [0.1, 0.15) is 0 Å². The summed E-state index contributed by atoms with van der Waals surface area (Å²) in [5.41, 5.74) is 1.23. The van der Waals surface area contributed by atoms with E-state index in [0.717, 1.165) is 5.75 Å². The number of thioether (sulfide) groups is 1. The van der Waals surface area contributed by atoms with Crippen molar-refractivity contribution in [3.8, 4) is 0 Å². The summed E-state index contributed by atoms with van der Waals surface area (Å²) >= 11 is 1.61. The molecule has 0 aliphatic carbocycles. The smallest absolute Gasteiger partial charge is 0.550 e. The SMILES string of the molecule is O=C([O-])CCSCc1ccccc1.[Li+]. The molecule has 0 saturated carbocycles. The van der Waals surface area contributed by atoms with Gasteiger partial charge in [-0.2, -0.15) is 11.8 Å². The Morgan fingerprint density at radius 2 is 1.93 bits per heavy atom. The van der Waals surface area contributed by atoms with Crippen LogP contribution in [0.2, 0.25) is 0 Å². The second-order valence-corrected chi connectivity index (χ2v) is 3.77. The fraction of sp³-hybridized carbons (Fsp3) is 0.300. The van der Waals surface area contributed by atoms with Gasteiger partial charge < -0.3 is 9.90 Å². The molecule has 1 aromatic carbocycles. The van der Waals surface area contributed by atoms with Crippen molar-refractivity contribution in [3.63, 3.8) is 0 Å². The predicted molar refractivity (Wildman–Crippen MR) is 52.2 cm³/mol. The van der Waals surface area contributed by atoms with Gasteiger partial charge in [0.25, 0.3) is 0 Å². The molecule has 14 heavy (non-hydrogen) atoms. The van der Waals surface area contributed by atoms with Gasteiger partial charge in [0, 0.05) is 11.7 Å². The van der Waals surface area contributed by atoms with Crippen molar-refractivity contribution < 1.29 is 28.8 Å². The zero-order valence-electron chi connectivity index (χ0n) is 8.23. The molecule has 1 rings (SSSR count). The Bertz CT molecular complexity index is 264. The molecule has 4 heteroatoms. The van der Waals surface area contributed by atoms with Gasteiger partial charge in [-0.25, -0.2) is 0 Å². The summed E-state index contributed by atoms with van der Waals surface area (Å²) < 4.78 is 0. The summed E-state index contributed by atoms with van der Waals surface area (Å²) in [7, 11) is 0. The molecule has 0 bridgehead atoms. The van der Waals surface area contributed by atoms with E-state index in [4.69, 9.17) is 0 Å². The normalized spacial score (nSPS) is 9.14. The van der Waals surface area contributed by atoms with Gasteiger partial charge in [-0.3, -0.25) is 0 Å². The zero-order chi connectivity index (χ0) is 9.52. The first-order chi connectivity index (χ1) is 6.29. The van der Waals surface area contributed by atoms with Crippen LogP contribution >= 0.6 is 11.8 Å². The molecule has 2 nitrogen and oxygen atoms in total. The number of rotatable bonds is 5. The molecule has 1 aromatic rings. The summed E-state index contributed by atoms with van der Waals surface area (Å²) in [6, 6.07) is 10.00. The molecule has 0 aliphatic rings. The third-order valence-electron chi connectivity index (χ3n) is 1.56. The number of carboxylic acids is 1. The van der Waals surface area contributed by atoms with Gasteiger partial charge in [0.2, 0.25) is 0 Å². The molecule has 0 saturated heterocycles. The van der Waals surface area contributed by atoms with Crippen LogP contribution in [0, 0.1) is 0 Å². The Hall–Kier alpha value is -0.363. The Kier molecular flexibility index (Phi) is 7.78. The van der Waals surface area contributed by atoms with Crippen LogP contribution in [-0.4, -0.2) is 11.7 Å². The van der Waals surface area contributed by atoms with Gasteiger partial charge in [-0.15, -0.1) is 0 Å². The summed E-state index contributed by atoms with van der Waals surface area (Å²) in [4.78, 5) is 10.1. The molecule has 0 fully saturated rings. The summed E-state index contributed by atoms with van der Waals surface area (Å²) in [6.45, 7) is 0. The van der Waals surface area contributed by atoms with Gasteiger partial charge >= 0.3 is 18.9 Å². The minimum atomic E-state index is -0.972. The third kappa shape index (κ3) is 6.15. The fourth-order valence-electron chi connectivity index (χ4n) is 0.920. The Balaban J connectivity index is 0.00000169. The van der Waals surface area contributed by atoms with Gasteiger partial charge in [0.15, 0.2) is 0 Å². The van der Waals surface area contributed by atoms with E-state index in [1.165, 1.54) is 5.56 Å². The Labute approximate surface area is 100 Å². The average Bonchev–Trinajstić information content (AvgIpc) is 2.14. The molecule has 0 aliphatic heterocycles. The van der Waals surface area contributed by atoms with E-state index in [2.05, 4.69) is 0 Å². The molecule has 0 atom stereocenters. The van der Waals surface area contributed by atoms with Crippen LogP contribution in [0.1, 0.15) is 12.0 Å². The second-order valence-electron chi connectivity index (χ2n) is 2.66. The van der Waals surface area contributed by atoms with Crippen molar-refractivity contribution in [3.05, 3.63) is 35.9 Å². The number of benzene rings is 1. The van der Waals surface area contributed by atoms with Gasteiger partial charge in [-0.05, 0) is 17.7 Å². The molecule has 70 valence electrons. The predicted octanol–water partition coefficient (Wildman–Crippen LogP) is -1.94. The van der Waals surface area contributed by atoms with E-state index in [1.807, 2.05) is 30.3 Å². The van der Waals surface area contributed by atoms with E-state index in [-0.39, 0.29) is 25.3 Å². The second kappa shape index (κ2) is 7.99. The van der Waals surface area contributed by atoms with Crippen molar-refractivity contribution in [2.75, 3.05) is 5.75 Å². The van der Waals surface area contributed by atoms with Crippen LogP contribution in [-0.2, 0) is 10.5 Å². The van der Waals surface area contributed by atoms with Gasteiger partial charge in [0.05, 0.1) is 0 Å². The maximum Gasteiger partial charge on any atom is 1.00 e. The molecule has 0 aromatic heterocycles. The quantitative estimate of drug-likeness (QED) is 0.412. The first kappa shape index (κ1) is 13.6. The molecular weight excluding hydrogens is 191 g/mol. The Morgan fingerprint density at radius 3 is 2.50 bits per heavy atom. The monoisotopic (exact) mass is 202 g/mol. The van der Waals surface area contributed by atoms with Crippen LogP contribution in [0.25, 0.3) is 0 Å². The van der Waals surface area contributed by atoms with Crippen LogP contribution in [0.15, 0.2) is 30.3 Å². The standard InChI is InChI=1S/C10H12O2S.Li/c11-10(12)6-7-13-8-9-4-2-1-3-5-9;/h1-5H,6-8H2,(H,11,12);/q;+1/p-1. The number of hydrogen-bond donors (Lipinski definition) is 0. The van der Waals surface area contributed by atoms with Crippen LogP contribution in [0.4, 0.5) is 0 Å². The fourth-order valence-corrected chi connectivity index (χ4v) is 1.80. The minimum Gasteiger partial charge on any atom is -0.550 e. The van der Waals surface area contributed by atoms with E-state index in [1.54, 1.807) is 11.8 Å². The average molecular weight is 202 g/mol. The van der Waals surface area contributed by atoms with Crippen molar-refractivity contribution in [2.45, 2.75) is 12.2 Å². The van der Waals surface area contributed by atoms with Crippen LogP contribution in [0.3, 0.4) is 0 Å². The Morgan fingerprint density at radius 1 is 1.29 bits per heavy atom. The van der Waals surface area contributed by atoms with Crippen LogP contribution in [0.5, 0.6) is 0 Å². The van der Waals surface area contributed by atoms with Crippen molar-refractivity contribution >= 4 is 17.7 Å².